The van der Waals surface area contributed by atoms with Gasteiger partial charge in [0.25, 0.3) is 0 Å². The zero-order valence-electron chi connectivity index (χ0n) is 17.4. The van der Waals surface area contributed by atoms with E-state index in [4.69, 9.17) is 16.3 Å². The van der Waals surface area contributed by atoms with Gasteiger partial charge in [-0.05, 0) is 35.2 Å². The SMILES string of the molecule is CN=Cc1ccc(OCCN2CCN(Cc3ccc(Cl)cc3)CC2)c2ccccc12. The van der Waals surface area contributed by atoms with E-state index in [9.17, 15) is 0 Å². The molecular formula is C25H28ClN3O. The molecule has 0 amide bonds. The third-order valence-corrected chi connectivity index (χ3v) is 5.89. The van der Waals surface area contributed by atoms with Crippen LogP contribution in [-0.4, -0.2) is 62.4 Å². The van der Waals surface area contributed by atoms with Gasteiger partial charge in [0.2, 0.25) is 0 Å². The van der Waals surface area contributed by atoms with Crippen molar-refractivity contribution in [2.45, 2.75) is 6.54 Å². The number of hydrogen-bond donors (Lipinski definition) is 0. The predicted molar refractivity (Wildman–Crippen MR) is 126 cm³/mol. The van der Waals surface area contributed by atoms with E-state index >= 15 is 0 Å². The molecule has 1 heterocycles. The minimum atomic E-state index is 0.697. The topological polar surface area (TPSA) is 28.1 Å². The lowest BCUT2D eigenvalue weighted by Crippen LogP contribution is -2.47. The van der Waals surface area contributed by atoms with Crippen LogP contribution < -0.4 is 4.74 Å². The van der Waals surface area contributed by atoms with Crippen LogP contribution in [0, 0.1) is 0 Å². The molecule has 3 aromatic rings. The summed E-state index contributed by atoms with van der Waals surface area (Å²) in [5.74, 6) is 0.945. The number of aliphatic imine (C=N–C) groups is 1. The second kappa shape index (κ2) is 10.1. The minimum Gasteiger partial charge on any atom is -0.492 e. The summed E-state index contributed by atoms with van der Waals surface area (Å²) in [6, 6.07) is 20.7. The third-order valence-electron chi connectivity index (χ3n) is 5.64. The van der Waals surface area contributed by atoms with E-state index in [2.05, 4.69) is 63.3 Å². The number of benzene rings is 3. The van der Waals surface area contributed by atoms with E-state index < -0.39 is 0 Å². The molecule has 0 unspecified atom stereocenters. The van der Waals surface area contributed by atoms with Gasteiger partial charge in [-0.2, -0.15) is 0 Å². The highest BCUT2D eigenvalue weighted by atomic mass is 35.5. The van der Waals surface area contributed by atoms with Crippen molar-refractivity contribution < 1.29 is 4.74 Å². The monoisotopic (exact) mass is 421 g/mol. The summed E-state index contributed by atoms with van der Waals surface area (Å²) in [4.78, 5) is 9.15. The summed E-state index contributed by atoms with van der Waals surface area (Å²) in [5.41, 5.74) is 2.44. The summed E-state index contributed by atoms with van der Waals surface area (Å²) in [6.07, 6.45) is 1.90. The van der Waals surface area contributed by atoms with Gasteiger partial charge in [-0.3, -0.25) is 14.8 Å². The maximum Gasteiger partial charge on any atom is 0.127 e. The summed E-state index contributed by atoms with van der Waals surface area (Å²) < 4.78 is 6.18. The number of rotatable bonds is 7. The van der Waals surface area contributed by atoms with Crippen molar-refractivity contribution in [1.29, 1.82) is 0 Å². The van der Waals surface area contributed by atoms with E-state index in [1.165, 1.54) is 10.9 Å². The standard InChI is InChI=1S/C25H28ClN3O/c1-27-18-21-8-11-25(24-5-3-2-4-23(21)24)30-17-16-28-12-14-29(15-13-28)19-20-6-9-22(26)10-7-20/h2-11,18H,12-17,19H2,1H3. The van der Waals surface area contributed by atoms with E-state index in [0.717, 1.165) is 61.0 Å². The van der Waals surface area contributed by atoms with Gasteiger partial charge in [-0.1, -0.05) is 48.0 Å². The Labute approximate surface area is 183 Å². The van der Waals surface area contributed by atoms with Crippen LogP contribution in [0.3, 0.4) is 0 Å². The van der Waals surface area contributed by atoms with Crippen molar-refractivity contribution in [1.82, 2.24) is 9.80 Å². The van der Waals surface area contributed by atoms with Crippen LogP contribution in [0.2, 0.25) is 5.02 Å². The molecular weight excluding hydrogens is 394 g/mol. The van der Waals surface area contributed by atoms with Crippen LogP contribution in [0.15, 0.2) is 65.7 Å². The Hall–Kier alpha value is -2.40. The fraction of sp³-hybridized carbons (Fsp3) is 0.320. The maximum absolute atomic E-state index is 6.18. The first kappa shape index (κ1) is 20.9. The summed E-state index contributed by atoms with van der Waals surface area (Å²) in [7, 11) is 1.80. The highest BCUT2D eigenvalue weighted by molar-refractivity contribution is 6.30. The second-order valence-corrected chi connectivity index (χ2v) is 8.11. The van der Waals surface area contributed by atoms with Crippen molar-refractivity contribution in [2.75, 3.05) is 46.4 Å². The zero-order valence-corrected chi connectivity index (χ0v) is 18.2. The van der Waals surface area contributed by atoms with Crippen molar-refractivity contribution >= 4 is 28.6 Å². The smallest absolute Gasteiger partial charge is 0.127 e. The zero-order chi connectivity index (χ0) is 20.8. The van der Waals surface area contributed by atoms with Crippen LogP contribution in [0.1, 0.15) is 11.1 Å². The van der Waals surface area contributed by atoms with Gasteiger partial charge in [0.1, 0.15) is 12.4 Å². The van der Waals surface area contributed by atoms with Crippen LogP contribution in [0.25, 0.3) is 10.8 Å². The molecule has 0 spiro atoms. The van der Waals surface area contributed by atoms with Gasteiger partial charge >= 0.3 is 0 Å². The van der Waals surface area contributed by atoms with Crippen LogP contribution in [0.5, 0.6) is 5.75 Å². The van der Waals surface area contributed by atoms with E-state index in [-0.39, 0.29) is 0 Å². The Morgan fingerprint density at radius 2 is 1.60 bits per heavy atom. The largest absolute Gasteiger partial charge is 0.492 e. The Morgan fingerprint density at radius 3 is 2.33 bits per heavy atom. The molecule has 156 valence electrons. The lowest BCUT2D eigenvalue weighted by Gasteiger charge is -2.34. The summed E-state index contributed by atoms with van der Waals surface area (Å²) in [5, 5.41) is 3.11. The maximum atomic E-state index is 6.18. The number of halogens is 1. The fourth-order valence-electron chi connectivity index (χ4n) is 3.98. The normalized spacial score (nSPS) is 15.8. The summed E-state index contributed by atoms with van der Waals surface area (Å²) in [6.45, 7) is 6.94. The van der Waals surface area contributed by atoms with Crippen LogP contribution in [-0.2, 0) is 6.54 Å². The molecule has 3 aromatic carbocycles. The molecule has 0 radical (unpaired) electrons. The summed E-state index contributed by atoms with van der Waals surface area (Å²) >= 11 is 5.98. The second-order valence-electron chi connectivity index (χ2n) is 7.68. The first-order chi connectivity index (χ1) is 14.7. The van der Waals surface area contributed by atoms with Crippen LogP contribution >= 0.6 is 11.6 Å². The molecule has 0 N–H and O–H groups in total. The van der Waals surface area contributed by atoms with E-state index in [1.54, 1.807) is 7.05 Å². The van der Waals surface area contributed by atoms with Gasteiger partial charge in [-0.15, -0.1) is 0 Å². The quantitative estimate of drug-likeness (QED) is 0.516. The Kier molecular flexibility index (Phi) is 7.00. The predicted octanol–water partition coefficient (Wildman–Crippen LogP) is 4.74. The lowest BCUT2D eigenvalue weighted by atomic mass is 10.0. The number of ether oxygens (including phenoxy) is 1. The molecule has 1 aliphatic heterocycles. The molecule has 0 aromatic heterocycles. The Morgan fingerprint density at radius 1 is 0.900 bits per heavy atom. The molecule has 0 bridgehead atoms. The Bertz CT molecular complexity index is 995. The third kappa shape index (κ3) is 5.20. The molecule has 30 heavy (non-hydrogen) atoms. The Balaban J connectivity index is 1.27. The lowest BCUT2D eigenvalue weighted by molar-refractivity contribution is 0.113. The number of piperazine rings is 1. The molecule has 4 nitrogen and oxygen atoms in total. The van der Waals surface area contributed by atoms with Gasteiger partial charge in [0.15, 0.2) is 0 Å². The van der Waals surface area contributed by atoms with Gasteiger partial charge in [0, 0.05) is 68.5 Å². The fourth-order valence-corrected chi connectivity index (χ4v) is 4.10. The minimum absolute atomic E-state index is 0.697. The van der Waals surface area contributed by atoms with E-state index in [0.29, 0.717) is 6.61 Å². The first-order valence-electron chi connectivity index (χ1n) is 10.5. The number of nitrogens with zero attached hydrogens (tertiary/aromatic N) is 3. The number of hydrogen-bond acceptors (Lipinski definition) is 4. The average Bonchev–Trinajstić information content (AvgIpc) is 2.78. The molecule has 4 rings (SSSR count). The van der Waals surface area contributed by atoms with Gasteiger partial charge < -0.3 is 4.74 Å². The molecule has 1 aliphatic rings. The molecule has 0 aliphatic carbocycles. The van der Waals surface area contributed by atoms with Crippen molar-refractivity contribution in [3.8, 4) is 5.75 Å². The molecule has 1 saturated heterocycles. The first-order valence-corrected chi connectivity index (χ1v) is 10.9. The highest BCUT2D eigenvalue weighted by Gasteiger charge is 2.17. The van der Waals surface area contributed by atoms with Gasteiger partial charge in [0.05, 0.1) is 0 Å². The van der Waals surface area contributed by atoms with Crippen molar-refractivity contribution in [2.24, 2.45) is 4.99 Å². The molecule has 0 atom stereocenters. The van der Waals surface area contributed by atoms with Gasteiger partial charge in [-0.25, -0.2) is 0 Å². The highest BCUT2D eigenvalue weighted by Crippen LogP contribution is 2.28. The van der Waals surface area contributed by atoms with E-state index in [1.807, 2.05) is 18.3 Å². The average molecular weight is 422 g/mol. The molecule has 0 saturated carbocycles. The van der Waals surface area contributed by atoms with Crippen molar-refractivity contribution in [3.63, 3.8) is 0 Å². The van der Waals surface area contributed by atoms with Crippen molar-refractivity contribution in [3.05, 3.63) is 76.8 Å². The molecule has 5 heteroatoms. The number of fused-ring (bicyclic) bond motifs is 1. The van der Waals surface area contributed by atoms with Crippen LogP contribution in [0.4, 0.5) is 0 Å². The molecule has 1 fully saturated rings.